The molecule has 1 aliphatic carbocycles. The smallest absolute Gasteiger partial charge is 0.0714 e. The van der Waals surface area contributed by atoms with Crippen molar-refractivity contribution < 1.29 is 0 Å². The number of benzene rings is 8. The molecule has 8 aromatic carbocycles. The Morgan fingerprint density at radius 1 is 0.385 bits per heavy atom. The lowest BCUT2D eigenvalue weighted by molar-refractivity contribution is 0.767. The highest BCUT2D eigenvalue weighted by molar-refractivity contribution is 9.10. The van der Waals surface area contributed by atoms with Crippen molar-refractivity contribution in [2.24, 2.45) is 0 Å². The van der Waals surface area contributed by atoms with E-state index < -0.39 is 5.41 Å². The first-order valence-electron chi connectivity index (χ1n) is 17.5. The van der Waals surface area contributed by atoms with Gasteiger partial charge in [0.1, 0.15) is 0 Å². The quantitative estimate of drug-likeness (QED) is 0.165. The minimum atomic E-state index is -0.449. The molecule has 0 radical (unpaired) electrons. The van der Waals surface area contributed by atoms with Crippen molar-refractivity contribution in [1.82, 2.24) is 4.57 Å². The van der Waals surface area contributed by atoms with E-state index in [1.807, 2.05) is 0 Å². The van der Waals surface area contributed by atoms with Crippen LogP contribution in [0.1, 0.15) is 22.3 Å². The number of rotatable bonds is 5. The van der Waals surface area contributed by atoms with Crippen LogP contribution in [0.3, 0.4) is 0 Å². The maximum atomic E-state index is 3.76. The predicted molar refractivity (Wildman–Crippen MR) is 227 cm³/mol. The molecule has 0 spiro atoms. The average molecular weight is 749 g/mol. The van der Waals surface area contributed by atoms with Crippen LogP contribution in [0, 0.1) is 0 Å². The van der Waals surface area contributed by atoms with E-state index in [1.54, 1.807) is 0 Å². The Morgan fingerprint density at radius 3 is 1.75 bits per heavy atom. The van der Waals surface area contributed by atoms with E-state index in [2.05, 4.69) is 215 Å². The highest BCUT2D eigenvalue weighted by Gasteiger charge is 2.46. The Hall–Kier alpha value is -5.61. The third kappa shape index (κ3) is 4.84. The molecule has 1 aromatic heterocycles. The van der Waals surface area contributed by atoms with E-state index in [4.69, 9.17) is 0 Å². The molecule has 0 fully saturated rings. The molecule has 9 aromatic rings. The molecule has 0 saturated carbocycles. The number of hydrogen-bond donors (Lipinski definition) is 0. The highest BCUT2D eigenvalue weighted by atomic mass is 79.9. The van der Waals surface area contributed by atoms with Gasteiger partial charge in [-0.15, -0.1) is 0 Å². The third-order valence-electron chi connectivity index (χ3n) is 10.8. The number of fused-ring (bicyclic) bond motifs is 6. The number of nitrogens with zero attached hydrogens (tertiary/aromatic N) is 1. The van der Waals surface area contributed by atoms with Gasteiger partial charge in [-0.25, -0.2) is 0 Å². The van der Waals surface area contributed by atoms with Crippen molar-refractivity contribution in [2.75, 3.05) is 0 Å². The Bertz CT molecular complexity index is 2720. The van der Waals surface area contributed by atoms with Gasteiger partial charge in [-0.2, -0.15) is 13.5 Å². The fourth-order valence-corrected chi connectivity index (χ4v) is 9.08. The van der Waals surface area contributed by atoms with Gasteiger partial charge in [0.2, 0.25) is 0 Å². The lowest BCUT2D eigenvalue weighted by atomic mass is 9.67. The van der Waals surface area contributed by atoms with Gasteiger partial charge in [-0.3, -0.25) is 0 Å². The van der Waals surface area contributed by atoms with Crippen molar-refractivity contribution in [3.05, 3.63) is 221 Å². The third-order valence-corrected chi connectivity index (χ3v) is 11.4. The van der Waals surface area contributed by atoms with Gasteiger partial charge in [0.05, 0.1) is 16.4 Å². The van der Waals surface area contributed by atoms with Crippen molar-refractivity contribution in [3.63, 3.8) is 0 Å². The van der Waals surface area contributed by atoms with Crippen molar-refractivity contribution >= 4 is 51.2 Å². The van der Waals surface area contributed by atoms with E-state index in [-0.39, 0.29) is 13.5 Å². The molecule has 0 bridgehead atoms. The van der Waals surface area contributed by atoms with Gasteiger partial charge < -0.3 is 4.57 Å². The summed E-state index contributed by atoms with van der Waals surface area (Å²) in [4.78, 5) is 0. The number of aromatic nitrogens is 1. The van der Waals surface area contributed by atoms with Crippen LogP contribution in [0.4, 0.5) is 0 Å². The van der Waals surface area contributed by atoms with Gasteiger partial charge in [-0.1, -0.05) is 168 Å². The van der Waals surface area contributed by atoms with E-state index in [9.17, 15) is 0 Å². The fourth-order valence-electron chi connectivity index (χ4n) is 8.56. The molecule has 0 atom stereocenters. The zero-order chi connectivity index (χ0) is 33.9. The number of halogens is 1. The minimum absolute atomic E-state index is 0. The van der Waals surface area contributed by atoms with Crippen LogP contribution >= 0.6 is 29.4 Å². The standard InChI is InChI=1S/C49H32BrN.H2S/c50-46-24-11-8-20-39(46)35-15-13-14-33(30-35)34-26-29-48-43(31-34)42-22-9-12-25-47(42)51(48)38-27-28-41-40-21-7-10-23-44(40)49(45(41)32-38,36-16-3-1-4-17-36)37-18-5-2-6-19-37;/h1-32H;1H2. The zero-order valence-corrected chi connectivity index (χ0v) is 30.9. The van der Waals surface area contributed by atoms with Gasteiger partial charge in [0.25, 0.3) is 0 Å². The molecule has 3 heteroatoms. The summed E-state index contributed by atoms with van der Waals surface area (Å²) in [5.74, 6) is 0. The van der Waals surface area contributed by atoms with Crippen LogP contribution < -0.4 is 0 Å². The van der Waals surface area contributed by atoms with Gasteiger partial charge >= 0.3 is 0 Å². The summed E-state index contributed by atoms with van der Waals surface area (Å²) in [5, 5.41) is 2.49. The molecule has 1 nitrogen and oxygen atoms in total. The molecular formula is C49H34BrNS. The Labute approximate surface area is 319 Å². The van der Waals surface area contributed by atoms with Crippen molar-refractivity contribution in [2.45, 2.75) is 5.41 Å². The van der Waals surface area contributed by atoms with Crippen LogP contribution in [-0.4, -0.2) is 4.57 Å². The number of para-hydroxylation sites is 1. The monoisotopic (exact) mass is 747 g/mol. The van der Waals surface area contributed by atoms with Crippen LogP contribution in [0.2, 0.25) is 0 Å². The highest BCUT2D eigenvalue weighted by Crippen LogP contribution is 2.56. The van der Waals surface area contributed by atoms with Crippen LogP contribution in [-0.2, 0) is 5.41 Å². The Balaban J connectivity index is 0.00000360. The Morgan fingerprint density at radius 2 is 0.981 bits per heavy atom. The molecule has 0 saturated heterocycles. The second kappa shape index (κ2) is 12.9. The zero-order valence-electron chi connectivity index (χ0n) is 28.3. The van der Waals surface area contributed by atoms with Crippen molar-refractivity contribution in [3.8, 4) is 39.1 Å². The summed E-state index contributed by atoms with van der Waals surface area (Å²) in [6.45, 7) is 0. The molecule has 1 aliphatic rings. The molecule has 0 unspecified atom stereocenters. The molecule has 10 rings (SSSR count). The second-order valence-corrected chi connectivity index (χ2v) is 14.3. The van der Waals surface area contributed by atoms with E-state index in [0.717, 1.165) is 10.2 Å². The van der Waals surface area contributed by atoms with Crippen LogP contribution in [0.5, 0.6) is 0 Å². The minimum Gasteiger partial charge on any atom is -0.309 e. The summed E-state index contributed by atoms with van der Waals surface area (Å²) in [7, 11) is 0. The first-order chi connectivity index (χ1) is 25.2. The van der Waals surface area contributed by atoms with Gasteiger partial charge in [0, 0.05) is 20.9 Å². The Kier molecular flexibility index (Phi) is 7.99. The summed E-state index contributed by atoms with van der Waals surface area (Å²) in [5.41, 5.74) is 15.7. The molecular weight excluding hydrogens is 715 g/mol. The molecule has 1 heterocycles. The lowest BCUT2D eigenvalue weighted by Gasteiger charge is -2.34. The first-order valence-corrected chi connectivity index (χ1v) is 18.3. The summed E-state index contributed by atoms with van der Waals surface area (Å²) < 4.78 is 3.55. The average Bonchev–Trinajstić information content (AvgIpc) is 3.69. The summed E-state index contributed by atoms with van der Waals surface area (Å²) in [6, 6.07) is 71.2. The maximum absolute atomic E-state index is 3.76. The maximum Gasteiger partial charge on any atom is 0.0714 e. The summed E-state index contributed by atoms with van der Waals surface area (Å²) in [6.07, 6.45) is 0. The van der Waals surface area contributed by atoms with Crippen LogP contribution in [0.15, 0.2) is 199 Å². The SMILES string of the molecule is Brc1ccccc1-c1cccc(-c2ccc3c(c2)c2ccccc2n3-c2ccc3c(c2)C(c2ccccc2)(c2ccccc2)c2ccccc2-3)c1.S. The fraction of sp³-hybridized carbons (Fsp3) is 0.0204. The second-order valence-electron chi connectivity index (χ2n) is 13.4. The molecule has 0 N–H and O–H groups in total. The van der Waals surface area contributed by atoms with E-state index >= 15 is 0 Å². The van der Waals surface area contributed by atoms with Gasteiger partial charge in [0.15, 0.2) is 0 Å². The van der Waals surface area contributed by atoms with Crippen LogP contribution in [0.25, 0.3) is 60.9 Å². The molecule has 52 heavy (non-hydrogen) atoms. The molecule has 248 valence electrons. The van der Waals surface area contributed by atoms with Gasteiger partial charge in [-0.05, 0) is 98.1 Å². The molecule has 0 aliphatic heterocycles. The summed E-state index contributed by atoms with van der Waals surface area (Å²) >= 11 is 3.76. The lowest BCUT2D eigenvalue weighted by Crippen LogP contribution is -2.28. The number of hydrogen-bond acceptors (Lipinski definition) is 0. The van der Waals surface area contributed by atoms with E-state index in [0.29, 0.717) is 0 Å². The van der Waals surface area contributed by atoms with Crippen molar-refractivity contribution in [1.29, 1.82) is 0 Å². The largest absolute Gasteiger partial charge is 0.309 e. The first kappa shape index (κ1) is 32.3. The predicted octanol–water partition coefficient (Wildman–Crippen LogP) is 13.4. The van der Waals surface area contributed by atoms with E-state index in [1.165, 1.54) is 77.4 Å². The topological polar surface area (TPSA) is 4.93 Å². The molecule has 0 amide bonds. The normalized spacial score (nSPS) is 12.7.